The van der Waals surface area contributed by atoms with Gasteiger partial charge in [0.1, 0.15) is 5.75 Å². The van der Waals surface area contributed by atoms with Gasteiger partial charge in [-0.3, -0.25) is 10.1 Å². The molecule has 0 aliphatic heterocycles. The first kappa shape index (κ1) is 15.8. The van der Waals surface area contributed by atoms with Gasteiger partial charge in [0.05, 0.1) is 12.0 Å². The molecular formula is C16H19N3O3. The van der Waals surface area contributed by atoms with Crippen LogP contribution in [0.2, 0.25) is 0 Å². The first-order valence-corrected chi connectivity index (χ1v) is 7.01. The Morgan fingerprint density at radius 2 is 1.82 bits per heavy atom. The standard InChI is InChI=1S/C16H19N3O3/c1-22-16-5-3-2-4-13(16)12-17-10-11-18-14-6-8-15(9-7-14)19(20)21/h2-9,17-18H,10-12H2,1H3. The summed E-state index contributed by atoms with van der Waals surface area (Å²) in [6.07, 6.45) is 0. The van der Waals surface area contributed by atoms with Crippen molar-refractivity contribution >= 4 is 11.4 Å². The number of nitrogens with one attached hydrogen (secondary N) is 2. The van der Waals surface area contributed by atoms with Crippen LogP contribution in [0.5, 0.6) is 5.75 Å². The van der Waals surface area contributed by atoms with E-state index >= 15 is 0 Å². The zero-order chi connectivity index (χ0) is 15.8. The minimum atomic E-state index is -0.404. The summed E-state index contributed by atoms with van der Waals surface area (Å²) < 4.78 is 5.29. The predicted molar refractivity (Wildman–Crippen MR) is 86.3 cm³/mol. The maximum atomic E-state index is 10.6. The lowest BCUT2D eigenvalue weighted by molar-refractivity contribution is -0.384. The van der Waals surface area contributed by atoms with E-state index < -0.39 is 4.92 Å². The maximum absolute atomic E-state index is 10.6. The molecule has 0 heterocycles. The molecule has 0 atom stereocenters. The zero-order valence-corrected chi connectivity index (χ0v) is 12.4. The fourth-order valence-electron chi connectivity index (χ4n) is 2.07. The van der Waals surface area contributed by atoms with E-state index in [1.165, 1.54) is 12.1 Å². The van der Waals surface area contributed by atoms with Crippen molar-refractivity contribution in [2.75, 3.05) is 25.5 Å². The Labute approximate surface area is 129 Å². The van der Waals surface area contributed by atoms with E-state index in [0.717, 1.165) is 36.6 Å². The first-order chi connectivity index (χ1) is 10.7. The number of nitrogens with zero attached hydrogens (tertiary/aromatic N) is 1. The summed E-state index contributed by atoms with van der Waals surface area (Å²) in [4.78, 5) is 10.2. The third-order valence-electron chi connectivity index (χ3n) is 3.22. The number of benzene rings is 2. The lowest BCUT2D eigenvalue weighted by atomic mass is 10.2. The fraction of sp³-hybridized carbons (Fsp3) is 0.250. The Balaban J connectivity index is 1.72. The Bertz CT molecular complexity index is 614. The van der Waals surface area contributed by atoms with Gasteiger partial charge < -0.3 is 15.4 Å². The molecular weight excluding hydrogens is 282 g/mol. The van der Waals surface area contributed by atoms with Crippen LogP contribution in [0.1, 0.15) is 5.56 Å². The topological polar surface area (TPSA) is 76.4 Å². The van der Waals surface area contributed by atoms with E-state index in [2.05, 4.69) is 10.6 Å². The number of anilines is 1. The van der Waals surface area contributed by atoms with Gasteiger partial charge in [-0.25, -0.2) is 0 Å². The molecule has 0 fully saturated rings. The molecule has 0 bridgehead atoms. The van der Waals surface area contributed by atoms with Crippen molar-refractivity contribution in [1.82, 2.24) is 5.32 Å². The van der Waals surface area contributed by atoms with Gasteiger partial charge in [0.15, 0.2) is 0 Å². The second-order valence-electron chi connectivity index (χ2n) is 4.72. The molecule has 6 heteroatoms. The van der Waals surface area contributed by atoms with Crippen LogP contribution < -0.4 is 15.4 Å². The molecule has 0 saturated carbocycles. The van der Waals surface area contributed by atoms with Crippen molar-refractivity contribution < 1.29 is 9.66 Å². The van der Waals surface area contributed by atoms with Gasteiger partial charge in [-0.2, -0.15) is 0 Å². The minimum absolute atomic E-state index is 0.0971. The van der Waals surface area contributed by atoms with Crippen LogP contribution in [0.4, 0.5) is 11.4 Å². The molecule has 6 nitrogen and oxygen atoms in total. The summed E-state index contributed by atoms with van der Waals surface area (Å²) in [5.41, 5.74) is 2.07. The number of para-hydroxylation sites is 1. The molecule has 0 aromatic heterocycles. The van der Waals surface area contributed by atoms with Gasteiger partial charge >= 0.3 is 0 Å². The van der Waals surface area contributed by atoms with Crippen molar-refractivity contribution in [2.45, 2.75) is 6.54 Å². The number of hydrogen-bond donors (Lipinski definition) is 2. The van der Waals surface area contributed by atoms with Gasteiger partial charge in [0.25, 0.3) is 5.69 Å². The van der Waals surface area contributed by atoms with Crippen LogP contribution in [0.3, 0.4) is 0 Å². The van der Waals surface area contributed by atoms with Crippen LogP contribution in [-0.2, 0) is 6.54 Å². The zero-order valence-electron chi connectivity index (χ0n) is 12.4. The summed E-state index contributed by atoms with van der Waals surface area (Å²) >= 11 is 0. The summed E-state index contributed by atoms with van der Waals surface area (Å²) in [7, 11) is 1.66. The molecule has 2 aromatic rings. The quantitative estimate of drug-likeness (QED) is 0.445. The number of non-ortho nitro benzene ring substituents is 1. The van der Waals surface area contributed by atoms with E-state index in [9.17, 15) is 10.1 Å². The van der Waals surface area contributed by atoms with Crippen molar-refractivity contribution in [3.63, 3.8) is 0 Å². The van der Waals surface area contributed by atoms with Crippen LogP contribution in [0, 0.1) is 10.1 Å². The summed E-state index contributed by atoms with van der Waals surface area (Å²) in [5, 5.41) is 17.1. The smallest absolute Gasteiger partial charge is 0.269 e. The summed E-state index contributed by atoms with van der Waals surface area (Å²) in [6.45, 7) is 2.23. The van der Waals surface area contributed by atoms with Crippen molar-refractivity contribution in [3.05, 3.63) is 64.2 Å². The van der Waals surface area contributed by atoms with Crippen molar-refractivity contribution in [1.29, 1.82) is 0 Å². The Kier molecular flexibility index (Phi) is 5.73. The molecule has 0 saturated heterocycles. The van der Waals surface area contributed by atoms with Crippen LogP contribution >= 0.6 is 0 Å². The third-order valence-corrected chi connectivity index (χ3v) is 3.22. The molecule has 116 valence electrons. The summed E-state index contributed by atoms with van der Waals surface area (Å²) in [5.74, 6) is 0.873. The average Bonchev–Trinajstić information content (AvgIpc) is 2.55. The van der Waals surface area contributed by atoms with Gasteiger partial charge in [0.2, 0.25) is 0 Å². The van der Waals surface area contributed by atoms with Gasteiger partial charge in [-0.1, -0.05) is 18.2 Å². The van der Waals surface area contributed by atoms with Crippen molar-refractivity contribution in [3.8, 4) is 5.75 Å². The number of hydrogen-bond acceptors (Lipinski definition) is 5. The molecule has 0 aliphatic rings. The molecule has 2 aromatic carbocycles. The molecule has 0 unspecified atom stereocenters. The van der Waals surface area contributed by atoms with Crippen LogP contribution in [0.25, 0.3) is 0 Å². The van der Waals surface area contributed by atoms with Crippen molar-refractivity contribution in [2.24, 2.45) is 0 Å². The largest absolute Gasteiger partial charge is 0.496 e. The second kappa shape index (κ2) is 7.99. The molecule has 0 aliphatic carbocycles. The highest BCUT2D eigenvalue weighted by atomic mass is 16.6. The SMILES string of the molecule is COc1ccccc1CNCCNc1ccc([N+](=O)[O-])cc1. The highest BCUT2D eigenvalue weighted by Crippen LogP contribution is 2.17. The number of rotatable bonds is 8. The monoisotopic (exact) mass is 301 g/mol. The number of nitro benzene ring substituents is 1. The van der Waals surface area contributed by atoms with E-state index in [0.29, 0.717) is 0 Å². The highest BCUT2D eigenvalue weighted by molar-refractivity contribution is 5.48. The number of nitro groups is 1. The van der Waals surface area contributed by atoms with Crippen LogP contribution in [-0.4, -0.2) is 25.1 Å². The first-order valence-electron chi connectivity index (χ1n) is 7.01. The molecule has 0 amide bonds. The number of ether oxygens (including phenoxy) is 1. The molecule has 2 rings (SSSR count). The second-order valence-corrected chi connectivity index (χ2v) is 4.72. The highest BCUT2D eigenvalue weighted by Gasteiger charge is 2.03. The Hall–Kier alpha value is -2.60. The third kappa shape index (κ3) is 4.46. The molecule has 2 N–H and O–H groups in total. The van der Waals surface area contributed by atoms with E-state index in [1.807, 2.05) is 24.3 Å². The molecule has 22 heavy (non-hydrogen) atoms. The molecule has 0 radical (unpaired) electrons. The fourth-order valence-corrected chi connectivity index (χ4v) is 2.07. The number of methoxy groups -OCH3 is 1. The summed E-state index contributed by atoms with van der Waals surface area (Å²) in [6, 6.07) is 14.3. The average molecular weight is 301 g/mol. The van der Waals surface area contributed by atoms with E-state index in [1.54, 1.807) is 19.2 Å². The van der Waals surface area contributed by atoms with Crippen LogP contribution in [0.15, 0.2) is 48.5 Å². The van der Waals surface area contributed by atoms with E-state index in [4.69, 9.17) is 4.74 Å². The Morgan fingerprint density at radius 1 is 1.09 bits per heavy atom. The van der Waals surface area contributed by atoms with Gasteiger partial charge in [0, 0.05) is 43.0 Å². The maximum Gasteiger partial charge on any atom is 0.269 e. The lowest BCUT2D eigenvalue weighted by Crippen LogP contribution is -2.22. The van der Waals surface area contributed by atoms with Gasteiger partial charge in [-0.05, 0) is 18.2 Å². The molecule has 0 spiro atoms. The van der Waals surface area contributed by atoms with Gasteiger partial charge in [-0.15, -0.1) is 0 Å². The van der Waals surface area contributed by atoms with E-state index in [-0.39, 0.29) is 5.69 Å². The Morgan fingerprint density at radius 3 is 2.50 bits per heavy atom. The normalized spacial score (nSPS) is 10.2. The minimum Gasteiger partial charge on any atom is -0.496 e. The lowest BCUT2D eigenvalue weighted by Gasteiger charge is -2.10. The predicted octanol–water partition coefficient (Wildman–Crippen LogP) is 2.81.